The molecule has 12 heteroatoms. The van der Waals surface area contributed by atoms with E-state index in [-0.39, 0.29) is 30.3 Å². The van der Waals surface area contributed by atoms with Gasteiger partial charge in [-0.15, -0.1) is 0 Å². The van der Waals surface area contributed by atoms with Crippen LogP contribution >= 0.6 is 11.6 Å². The molecule has 0 saturated carbocycles. The summed E-state index contributed by atoms with van der Waals surface area (Å²) in [4.78, 5) is 41.0. The summed E-state index contributed by atoms with van der Waals surface area (Å²) in [6.07, 6.45) is -3.67. The molecule has 2 N–H and O–H groups in total. The Labute approximate surface area is 221 Å². The molecule has 38 heavy (non-hydrogen) atoms. The Balaban J connectivity index is 1.76. The van der Waals surface area contributed by atoms with Gasteiger partial charge in [-0.05, 0) is 48.9 Å². The van der Waals surface area contributed by atoms with Crippen LogP contribution in [0, 0.1) is 0 Å². The summed E-state index contributed by atoms with van der Waals surface area (Å²) in [5.74, 6) is -2.04. The molecule has 1 atom stereocenters. The predicted octanol–water partition coefficient (Wildman–Crippen LogP) is 5.58. The minimum atomic E-state index is -4.70. The van der Waals surface area contributed by atoms with Crippen molar-refractivity contribution in [3.63, 3.8) is 0 Å². The molecule has 2 aromatic carbocycles. The van der Waals surface area contributed by atoms with Crippen LogP contribution in [0.4, 0.5) is 18.9 Å². The molecule has 1 unspecified atom stereocenters. The quantitative estimate of drug-likeness (QED) is 0.337. The number of aromatic nitrogens is 1. The number of amides is 2. The molecular weight excluding hydrogens is 527 g/mol. The standard InChI is InChI=1S/C26H23ClF3N3O5/c1-3-37-25(36)19(14-23(34)33-16-6-9-21(27)20(12-16)26(28,29)30)15-4-7-17(8-5-15)38-18-10-11-32-22(13-18)24(35)31-2/h4-13,19H,3,14H2,1-2H3,(H,31,35)(H,33,34). The molecule has 0 fully saturated rings. The van der Waals surface area contributed by atoms with Gasteiger partial charge in [0, 0.05) is 31.4 Å². The van der Waals surface area contributed by atoms with Crippen LogP contribution in [-0.2, 0) is 20.5 Å². The topological polar surface area (TPSA) is 107 Å². The van der Waals surface area contributed by atoms with Crippen LogP contribution in [0.5, 0.6) is 11.5 Å². The van der Waals surface area contributed by atoms with Gasteiger partial charge in [0.1, 0.15) is 17.2 Å². The van der Waals surface area contributed by atoms with Gasteiger partial charge in [-0.2, -0.15) is 13.2 Å². The first-order chi connectivity index (χ1) is 18.0. The van der Waals surface area contributed by atoms with Crippen molar-refractivity contribution in [1.29, 1.82) is 0 Å². The Morgan fingerprint density at radius 3 is 2.37 bits per heavy atom. The molecule has 0 spiro atoms. The highest BCUT2D eigenvalue weighted by atomic mass is 35.5. The van der Waals surface area contributed by atoms with Gasteiger partial charge >= 0.3 is 12.1 Å². The van der Waals surface area contributed by atoms with Gasteiger partial charge in [0.2, 0.25) is 5.91 Å². The zero-order valence-corrected chi connectivity index (χ0v) is 21.0. The average Bonchev–Trinajstić information content (AvgIpc) is 2.88. The van der Waals surface area contributed by atoms with E-state index < -0.39 is 34.6 Å². The number of alkyl halides is 3. The first-order valence-electron chi connectivity index (χ1n) is 11.3. The lowest BCUT2D eigenvalue weighted by atomic mass is 9.95. The summed E-state index contributed by atoms with van der Waals surface area (Å²) in [7, 11) is 1.48. The molecule has 8 nitrogen and oxygen atoms in total. The van der Waals surface area contributed by atoms with Gasteiger partial charge in [0.05, 0.1) is 23.1 Å². The van der Waals surface area contributed by atoms with Crippen molar-refractivity contribution >= 4 is 35.1 Å². The summed E-state index contributed by atoms with van der Waals surface area (Å²) in [6, 6.07) is 12.3. The van der Waals surface area contributed by atoms with Crippen molar-refractivity contribution in [2.24, 2.45) is 0 Å². The van der Waals surface area contributed by atoms with Crippen molar-refractivity contribution in [3.05, 3.63) is 82.6 Å². The van der Waals surface area contributed by atoms with Gasteiger partial charge in [0.15, 0.2) is 0 Å². The van der Waals surface area contributed by atoms with Crippen molar-refractivity contribution in [1.82, 2.24) is 10.3 Å². The molecule has 0 aliphatic rings. The number of hydrogen-bond donors (Lipinski definition) is 2. The monoisotopic (exact) mass is 549 g/mol. The van der Waals surface area contributed by atoms with Gasteiger partial charge in [0.25, 0.3) is 5.91 Å². The largest absolute Gasteiger partial charge is 0.466 e. The molecule has 2 amide bonds. The minimum Gasteiger partial charge on any atom is -0.466 e. The molecule has 0 bridgehead atoms. The Morgan fingerprint density at radius 1 is 1.03 bits per heavy atom. The maximum absolute atomic E-state index is 13.1. The molecule has 0 aliphatic heterocycles. The maximum atomic E-state index is 13.1. The number of rotatable bonds is 9. The molecule has 200 valence electrons. The van der Waals surface area contributed by atoms with E-state index in [9.17, 15) is 27.6 Å². The van der Waals surface area contributed by atoms with Crippen LogP contribution in [0.25, 0.3) is 0 Å². The Bertz CT molecular complexity index is 1320. The number of ether oxygens (including phenoxy) is 2. The lowest BCUT2D eigenvalue weighted by Gasteiger charge is -2.17. The van der Waals surface area contributed by atoms with Gasteiger partial charge in [-0.3, -0.25) is 19.4 Å². The van der Waals surface area contributed by atoms with E-state index in [0.717, 1.165) is 12.1 Å². The number of anilines is 1. The molecular formula is C26H23ClF3N3O5. The number of carbonyl (C=O) groups is 3. The van der Waals surface area contributed by atoms with E-state index in [1.165, 1.54) is 25.4 Å². The van der Waals surface area contributed by atoms with Crippen LogP contribution in [0.1, 0.15) is 40.9 Å². The van der Waals surface area contributed by atoms with Crippen LogP contribution in [0.3, 0.4) is 0 Å². The lowest BCUT2D eigenvalue weighted by Crippen LogP contribution is -2.23. The fourth-order valence-corrected chi connectivity index (χ4v) is 3.65. The number of benzene rings is 2. The summed E-state index contributed by atoms with van der Waals surface area (Å²) in [6.45, 7) is 1.68. The van der Waals surface area contributed by atoms with Crippen molar-refractivity contribution in [2.45, 2.75) is 25.4 Å². The first kappa shape index (κ1) is 28.5. The second-order valence-electron chi connectivity index (χ2n) is 7.88. The number of esters is 1. The summed E-state index contributed by atoms with van der Waals surface area (Å²) >= 11 is 5.63. The predicted molar refractivity (Wildman–Crippen MR) is 133 cm³/mol. The van der Waals surface area contributed by atoms with Crippen molar-refractivity contribution in [3.8, 4) is 11.5 Å². The molecule has 3 rings (SSSR count). The van der Waals surface area contributed by atoms with Crippen LogP contribution in [0.15, 0.2) is 60.8 Å². The number of hydrogen-bond acceptors (Lipinski definition) is 6. The highest BCUT2D eigenvalue weighted by Crippen LogP contribution is 2.36. The Morgan fingerprint density at radius 2 is 1.74 bits per heavy atom. The van der Waals surface area contributed by atoms with Crippen LogP contribution in [0.2, 0.25) is 5.02 Å². The third-order valence-electron chi connectivity index (χ3n) is 5.23. The second-order valence-corrected chi connectivity index (χ2v) is 8.28. The highest BCUT2D eigenvalue weighted by Gasteiger charge is 2.33. The lowest BCUT2D eigenvalue weighted by molar-refractivity contribution is -0.146. The van der Waals surface area contributed by atoms with E-state index in [4.69, 9.17) is 21.1 Å². The third kappa shape index (κ3) is 7.45. The third-order valence-corrected chi connectivity index (χ3v) is 5.56. The zero-order valence-electron chi connectivity index (χ0n) is 20.3. The fourth-order valence-electron chi connectivity index (χ4n) is 3.43. The molecule has 3 aromatic rings. The van der Waals surface area contributed by atoms with E-state index in [0.29, 0.717) is 17.1 Å². The normalized spacial score (nSPS) is 11.8. The highest BCUT2D eigenvalue weighted by molar-refractivity contribution is 6.31. The first-order valence-corrected chi connectivity index (χ1v) is 11.7. The van der Waals surface area contributed by atoms with E-state index in [1.807, 2.05) is 0 Å². The maximum Gasteiger partial charge on any atom is 0.417 e. The van der Waals surface area contributed by atoms with Crippen LogP contribution in [-0.4, -0.2) is 36.4 Å². The smallest absolute Gasteiger partial charge is 0.417 e. The number of pyridine rings is 1. The van der Waals surface area contributed by atoms with E-state index in [1.54, 1.807) is 37.3 Å². The minimum absolute atomic E-state index is 0.0694. The van der Waals surface area contributed by atoms with Crippen molar-refractivity contribution in [2.75, 3.05) is 19.0 Å². The SMILES string of the molecule is CCOC(=O)C(CC(=O)Nc1ccc(Cl)c(C(F)(F)F)c1)c1ccc(Oc2ccnc(C(=O)NC)c2)cc1. The zero-order chi connectivity index (χ0) is 27.9. The van der Waals surface area contributed by atoms with E-state index >= 15 is 0 Å². The molecule has 0 aliphatic carbocycles. The Kier molecular flexibility index (Phi) is 9.30. The summed E-state index contributed by atoms with van der Waals surface area (Å²) in [5.41, 5.74) is -0.616. The van der Waals surface area contributed by atoms with Gasteiger partial charge in [-0.1, -0.05) is 23.7 Å². The second kappa shape index (κ2) is 12.4. The van der Waals surface area contributed by atoms with Crippen LogP contribution < -0.4 is 15.4 Å². The van der Waals surface area contributed by atoms with Gasteiger partial charge < -0.3 is 20.1 Å². The number of nitrogens with one attached hydrogen (secondary N) is 2. The number of nitrogens with zero attached hydrogens (tertiary/aromatic N) is 1. The Hall–Kier alpha value is -4.12. The molecule has 0 saturated heterocycles. The number of halogens is 4. The molecule has 1 heterocycles. The molecule has 1 aromatic heterocycles. The number of carbonyl (C=O) groups excluding carboxylic acids is 3. The summed E-state index contributed by atoms with van der Waals surface area (Å²) in [5, 5.41) is 4.34. The fraction of sp³-hybridized carbons (Fsp3) is 0.231. The molecule has 0 radical (unpaired) electrons. The van der Waals surface area contributed by atoms with Crippen molar-refractivity contribution < 1.29 is 37.0 Å². The average molecular weight is 550 g/mol. The van der Waals surface area contributed by atoms with E-state index in [2.05, 4.69) is 15.6 Å². The van der Waals surface area contributed by atoms with Gasteiger partial charge in [-0.25, -0.2) is 0 Å². The summed E-state index contributed by atoms with van der Waals surface area (Å²) < 4.78 is 50.3.